The third kappa shape index (κ3) is 2.99. The van der Waals surface area contributed by atoms with E-state index in [2.05, 4.69) is 0 Å². The van der Waals surface area contributed by atoms with Gasteiger partial charge in [0.25, 0.3) is 0 Å². The number of ether oxygens (including phenoxy) is 1. The molecule has 1 aliphatic carbocycles. The largest absolute Gasteiger partial charge is 0.466 e. The molecule has 0 spiro atoms. The lowest BCUT2D eigenvalue weighted by Gasteiger charge is -2.09. The van der Waals surface area contributed by atoms with Gasteiger partial charge in [-0.05, 0) is 38.5 Å². The topological polar surface area (TPSA) is 46.5 Å². The standard InChI is InChI=1S/C10H18O3/c1-2-13-10(12)9-4-3-8(7-9)5-6-11/h8-9,11H,2-7H2,1H3/t8-,9+/m1/s1. The van der Waals surface area contributed by atoms with Crippen molar-refractivity contribution in [3.63, 3.8) is 0 Å². The van der Waals surface area contributed by atoms with Gasteiger partial charge in [-0.2, -0.15) is 0 Å². The van der Waals surface area contributed by atoms with Crippen LogP contribution in [0, 0.1) is 11.8 Å². The van der Waals surface area contributed by atoms with Gasteiger partial charge in [0.05, 0.1) is 12.5 Å². The molecule has 13 heavy (non-hydrogen) atoms. The summed E-state index contributed by atoms with van der Waals surface area (Å²) in [5, 5.41) is 8.74. The fourth-order valence-corrected chi connectivity index (χ4v) is 1.99. The average Bonchev–Trinajstić information content (AvgIpc) is 2.54. The molecule has 0 heterocycles. The zero-order chi connectivity index (χ0) is 9.68. The molecule has 0 aromatic carbocycles. The number of esters is 1. The molecule has 0 aliphatic heterocycles. The van der Waals surface area contributed by atoms with Crippen LogP contribution in [-0.4, -0.2) is 24.3 Å². The molecule has 0 radical (unpaired) electrons. The first-order valence-corrected chi connectivity index (χ1v) is 5.05. The third-order valence-electron chi connectivity index (χ3n) is 2.70. The smallest absolute Gasteiger partial charge is 0.308 e. The number of carbonyl (C=O) groups excluding carboxylic acids is 1. The molecule has 0 bridgehead atoms. The number of hydrogen-bond acceptors (Lipinski definition) is 3. The summed E-state index contributed by atoms with van der Waals surface area (Å²) < 4.78 is 4.95. The Kier molecular flexibility index (Phi) is 4.22. The van der Waals surface area contributed by atoms with Gasteiger partial charge in [-0.3, -0.25) is 4.79 Å². The van der Waals surface area contributed by atoms with Gasteiger partial charge in [0.1, 0.15) is 0 Å². The molecule has 1 aliphatic rings. The molecular formula is C10H18O3. The van der Waals surface area contributed by atoms with Crippen LogP contribution in [0.1, 0.15) is 32.6 Å². The molecule has 76 valence electrons. The summed E-state index contributed by atoms with van der Waals surface area (Å²) in [6.07, 6.45) is 3.73. The molecule has 3 nitrogen and oxygen atoms in total. The Balaban J connectivity index is 2.27. The second-order valence-corrected chi connectivity index (χ2v) is 3.64. The van der Waals surface area contributed by atoms with Crippen LogP contribution in [0.25, 0.3) is 0 Å². The molecule has 0 aromatic heterocycles. The number of rotatable bonds is 4. The molecule has 2 atom stereocenters. The minimum atomic E-state index is -0.0528. The lowest BCUT2D eigenvalue weighted by atomic mass is 10.0. The Labute approximate surface area is 79.1 Å². The van der Waals surface area contributed by atoms with E-state index in [4.69, 9.17) is 9.84 Å². The van der Waals surface area contributed by atoms with Crippen molar-refractivity contribution < 1.29 is 14.6 Å². The van der Waals surface area contributed by atoms with Crippen LogP contribution in [0.5, 0.6) is 0 Å². The minimum Gasteiger partial charge on any atom is -0.466 e. The molecule has 1 rings (SSSR count). The summed E-state index contributed by atoms with van der Waals surface area (Å²) in [7, 11) is 0. The molecule has 0 saturated heterocycles. The number of carbonyl (C=O) groups is 1. The summed E-state index contributed by atoms with van der Waals surface area (Å²) in [6, 6.07) is 0. The first kappa shape index (κ1) is 10.5. The zero-order valence-corrected chi connectivity index (χ0v) is 8.16. The van der Waals surface area contributed by atoms with Crippen molar-refractivity contribution in [2.24, 2.45) is 11.8 Å². The van der Waals surface area contributed by atoms with Crippen molar-refractivity contribution >= 4 is 5.97 Å². The number of aliphatic hydroxyl groups is 1. The van der Waals surface area contributed by atoms with Crippen molar-refractivity contribution in [1.29, 1.82) is 0 Å². The van der Waals surface area contributed by atoms with Crippen molar-refractivity contribution in [3.05, 3.63) is 0 Å². The highest BCUT2D eigenvalue weighted by atomic mass is 16.5. The van der Waals surface area contributed by atoms with E-state index in [1.807, 2.05) is 6.92 Å². The second kappa shape index (κ2) is 5.22. The van der Waals surface area contributed by atoms with E-state index in [1.165, 1.54) is 0 Å². The van der Waals surface area contributed by atoms with Crippen LogP contribution >= 0.6 is 0 Å². The Bertz CT molecular complexity index is 168. The summed E-state index contributed by atoms with van der Waals surface area (Å²) in [6.45, 7) is 2.54. The van der Waals surface area contributed by atoms with E-state index >= 15 is 0 Å². The molecule has 0 aromatic rings. The van der Waals surface area contributed by atoms with Gasteiger partial charge in [0.15, 0.2) is 0 Å². The highest BCUT2D eigenvalue weighted by molar-refractivity contribution is 5.72. The van der Waals surface area contributed by atoms with Gasteiger partial charge in [-0.25, -0.2) is 0 Å². The van der Waals surface area contributed by atoms with Crippen molar-refractivity contribution in [2.45, 2.75) is 32.6 Å². The summed E-state index contributed by atoms with van der Waals surface area (Å²) in [5.41, 5.74) is 0. The number of hydrogen-bond donors (Lipinski definition) is 1. The van der Waals surface area contributed by atoms with Crippen LogP contribution in [0.2, 0.25) is 0 Å². The van der Waals surface area contributed by atoms with Gasteiger partial charge >= 0.3 is 5.97 Å². The average molecular weight is 186 g/mol. The predicted molar refractivity (Wildman–Crippen MR) is 49.2 cm³/mol. The molecule has 0 unspecified atom stereocenters. The van der Waals surface area contributed by atoms with E-state index in [9.17, 15) is 4.79 Å². The first-order valence-electron chi connectivity index (χ1n) is 5.05. The lowest BCUT2D eigenvalue weighted by Crippen LogP contribution is -2.15. The second-order valence-electron chi connectivity index (χ2n) is 3.64. The fraction of sp³-hybridized carbons (Fsp3) is 0.900. The Morgan fingerprint density at radius 1 is 1.54 bits per heavy atom. The van der Waals surface area contributed by atoms with E-state index < -0.39 is 0 Å². The third-order valence-corrected chi connectivity index (χ3v) is 2.70. The molecule has 0 amide bonds. The highest BCUT2D eigenvalue weighted by Gasteiger charge is 2.30. The normalized spacial score (nSPS) is 27.5. The van der Waals surface area contributed by atoms with Crippen molar-refractivity contribution in [1.82, 2.24) is 0 Å². The molecule has 3 heteroatoms. The highest BCUT2D eigenvalue weighted by Crippen LogP contribution is 2.33. The Hall–Kier alpha value is -0.570. The van der Waals surface area contributed by atoms with Gasteiger partial charge in [-0.1, -0.05) is 0 Å². The zero-order valence-electron chi connectivity index (χ0n) is 8.16. The minimum absolute atomic E-state index is 0.0528. The summed E-state index contributed by atoms with van der Waals surface area (Å²) >= 11 is 0. The summed E-state index contributed by atoms with van der Waals surface area (Å²) in [5.74, 6) is 0.568. The van der Waals surface area contributed by atoms with E-state index in [-0.39, 0.29) is 18.5 Å². The molecular weight excluding hydrogens is 168 g/mol. The number of aliphatic hydroxyl groups excluding tert-OH is 1. The van der Waals surface area contributed by atoms with Crippen LogP contribution in [0.3, 0.4) is 0 Å². The Morgan fingerprint density at radius 3 is 2.92 bits per heavy atom. The van der Waals surface area contributed by atoms with Crippen LogP contribution in [0.15, 0.2) is 0 Å². The quantitative estimate of drug-likeness (QED) is 0.674. The maximum absolute atomic E-state index is 11.3. The van der Waals surface area contributed by atoms with Gasteiger partial charge in [0.2, 0.25) is 0 Å². The SMILES string of the molecule is CCOC(=O)[C@H]1CC[C@H](CCO)C1. The van der Waals surface area contributed by atoms with E-state index in [1.54, 1.807) is 0 Å². The van der Waals surface area contributed by atoms with Crippen LogP contribution in [-0.2, 0) is 9.53 Å². The van der Waals surface area contributed by atoms with E-state index in [0.29, 0.717) is 12.5 Å². The van der Waals surface area contributed by atoms with E-state index in [0.717, 1.165) is 25.7 Å². The monoisotopic (exact) mass is 186 g/mol. The van der Waals surface area contributed by atoms with Crippen LogP contribution < -0.4 is 0 Å². The van der Waals surface area contributed by atoms with Gasteiger partial charge in [-0.15, -0.1) is 0 Å². The van der Waals surface area contributed by atoms with Crippen LogP contribution in [0.4, 0.5) is 0 Å². The van der Waals surface area contributed by atoms with Gasteiger partial charge in [0, 0.05) is 6.61 Å². The molecule has 1 N–H and O–H groups in total. The van der Waals surface area contributed by atoms with Crippen molar-refractivity contribution in [2.75, 3.05) is 13.2 Å². The maximum Gasteiger partial charge on any atom is 0.308 e. The van der Waals surface area contributed by atoms with Gasteiger partial charge < -0.3 is 9.84 Å². The lowest BCUT2D eigenvalue weighted by molar-refractivity contribution is -0.147. The fourth-order valence-electron chi connectivity index (χ4n) is 1.99. The summed E-state index contributed by atoms with van der Waals surface area (Å²) in [4.78, 5) is 11.3. The van der Waals surface area contributed by atoms with Crippen molar-refractivity contribution in [3.8, 4) is 0 Å². The first-order chi connectivity index (χ1) is 6.27. The molecule has 1 saturated carbocycles. The molecule has 1 fully saturated rings. The predicted octanol–water partition coefficient (Wildman–Crippen LogP) is 1.35. The maximum atomic E-state index is 11.3. The Morgan fingerprint density at radius 2 is 2.31 bits per heavy atom.